The molecule has 3 aromatic rings. The monoisotopic (exact) mass is 329 g/mol. The van der Waals surface area contributed by atoms with Crippen LogP contribution >= 0.6 is 23.2 Å². The van der Waals surface area contributed by atoms with Gasteiger partial charge in [-0.1, -0.05) is 35.3 Å². The highest BCUT2D eigenvalue weighted by Gasteiger charge is 2.11. The van der Waals surface area contributed by atoms with Crippen LogP contribution in [0.1, 0.15) is 5.89 Å². The molecule has 0 aliphatic rings. The average Bonchev–Trinajstić information content (AvgIpc) is 2.92. The fraction of sp³-hybridized carbons (Fsp3) is 0. The van der Waals surface area contributed by atoms with Crippen LogP contribution in [0.4, 0.5) is 5.69 Å². The van der Waals surface area contributed by atoms with Crippen molar-refractivity contribution in [2.24, 2.45) is 0 Å². The van der Waals surface area contributed by atoms with E-state index in [2.05, 4.69) is 10.3 Å². The van der Waals surface area contributed by atoms with E-state index in [0.29, 0.717) is 26.8 Å². The Bertz CT molecular complexity index is 909. The number of aromatic nitrogens is 1. The second-order valence-electron chi connectivity index (χ2n) is 4.43. The molecule has 0 aliphatic heterocycles. The van der Waals surface area contributed by atoms with Gasteiger partial charge in [0.2, 0.25) is 5.89 Å². The van der Waals surface area contributed by atoms with Gasteiger partial charge in [-0.15, -0.1) is 0 Å². The Morgan fingerprint density at radius 2 is 2.05 bits per heavy atom. The molecule has 0 saturated heterocycles. The molecule has 0 radical (unpaired) electrons. The normalized spacial score (nSPS) is 11.4. The van der Waals surface area contributed by atoms with Crippen molar-refractivity contribution in [3.63, 3.8) is 0 Å². The van der Waals surface area contributed by atoms with Crippen LogP contribution in [0.3, 0.4) is 0 Å². The molecule has 0 unspecified atom stereocenters. The van der Waals surface area contributed by atoms with Crippen LogP contribution in [0.2, 0.25) is 10.0 Å². The number of fused-ring (bicyclic) bond motifs is 1. The minimum Gasteiger partial charge on any atom is -0.435 e. The van der Waals surface area contributed by atoms with Crippen LogP contribution in [0, 0.1) is 11.3 Å². The first-order valence-electron chi connectivity index (χ1n) is 6.35. The molecule has 0 bridgehead atoms. The summed E-state index contributed by atoms with van der Waals surface area (Å²) in [6, 6.07) is 14.4. The summed E-state index contributed by atoms with van der Waals surface area (Å²) in [4.78, 5) is 4.26. The van der Waals surface area contributed by atoms with Gasteiger partial charge in [-0.3, -0.25) is 0 Å². The molecule has 0 amide bonds. The first-order chi connectivity index (χ1) is 10.7. The van der Waals surface area contributed by atoms with Crippen molar-refractivity contribution < 1.29 is 4.42 Å². The van der Waals surface area contributed by atoms with Crippen LogP contribution < -0.4 is 5.32 Å². The van der Waals surface area contributed by atoms with Crippen LogP contribution in [0.5, 0.6) is 0 Å². The molecular formula is C16H9Cl2N3O. The predicted molar refractivity (Wildman–Crippen MR) is 87.7 cm³/mol. The first-order valence-corrected chi connectivity index (χ1v) is 7.11. The van der Waals surface area contributed by atoms with E-state index in [1.54, 1.807) is 30.3 Å². The number of rotatable bonds is 3. The van der Waals surface area contributed by atoms with Gasteiger partial charge in [-0.05, 0) is 30.3 Å². The van der Waals surface area contributed by atoms with Gasteiger partial charge >= 0.3 is 0 Å². The number of nitriles is 1. The Morgan fingerprint density at radius 1 is 1.23 bits per heavy atom. The molecule has 4 nitrogen and oxygen atoms in total. The summed E-state index contributed by atoms with van der Waals surface area (Å²) < 4.78 is 5.56. The SMILES string of the molecule is N#C/C(=C\Nc1ccccc1Cl)c1nc2cc(Cl)ccc2o1. The summed E-state index contributed by atoms with van der Waals surface area (Å²) in [5.74, 6) is 0.222. The minimum atomic E-state index is 0.222. The highest BCUT2D eigenvalue weighted by atomic mass is 35.5. The maximum absolute atomic E-state index is 9.29. The number of nitrogens with zero attached hydrogens (tertiary/aromatic N) is 2. The van der Waals surface area contributed by atoms with Gasteiger partial charge in [-0.25, -0.2) is 4.98 Å². The Balaban J connectivity index is 1.94. The molecule has 0 atom stereocenters. The summed E-state index contributed by atoms with van der Waals surface area (Å²) in [5.41, 5.74) is 2.11. The van der Waals surface area contributed by atoms with Crippen molar-refractivity contribution in [1.82, 2.24) is 4.98 Å². The quantitative estimate of drug-likeness (QED) is 0.678. The minimum absolute atomic E-state index is 0.222. The van der Waals surface area contributed by atoms with E-state index in [9.17, 15) is 5.26 Å². The highest BCUT2D eigenvalue weighted by Crippen LogP contribution is 2.25. The van der Waals surface area contributed by atoms with E-state index in [-0.39, 0.29) is 11.5 Å². The number of benzene rings is 2. The number of halogens is 2. The van der Waals surface area contributed by atoms with E-state index in [1.807, 2.05) is 18.2 Å². The zero-order valence-corrected chi connectivity index (χ0v) is 12.7. The zero-order chi connectivity index (χ0) is 15.5. The van der Waals surface area contributed by atoms with Crippen LogP contribution in [0.15, 0.2) is 53.1 Å². The third-order valence-corrected chi connectivity index (χ3v) is 3.51. The van der Waals surface area contributed by atoms with Gasteiger partial charge in [0.05, 0.1) is 10.7 Å². The Kier molecular flexibility index (Phi) is 4.01. The first kappa shape index (κ1) is 14.5. The summed E-state index contributed by atoms with van der Waals surface area (Å²) >= 11 is 12.0. The average molecular weight is 330 g/mol. The molecule has 1 aromatic heterocycles. The number of hydrogen-bond donors (Lipinski definition) is 1. The third kappa shape index (κ3) is 2.91. The second-order valence-corrected chi connectivity index (χ2v) is 5.27. The fourth-order valence-corrected chi connectivity index (χ4v) is 2.24. The highest BCUT2D eigenvalue weighted by molar-refractivity contribution is 6.33. The lowest BCUT2D eigenvalue weighted by Crippen LogP contribution is -1.91. The molecule has 1 N–H and O–H groups in total. The summed E-state index contributed by atoms with van der Waals surface area (Å²) in [6.07, 6.45) is 1.51. The van der Waals surface area contributed by atoms with Gasteiger partial charge in [0.15, 0.2) is 5.58 Å². The van der Waals surface area contributed by atoms with E-state index < -0.39 is 0 Å². The molecule has 1 heterocycles. The Labute approximate surface area is 136 Å². The lowest BCUT2D eigenvalue weighted by atomic mass is 10.3. The third-order valence-electron chi connectivity index (χ3n) is 2.95. The van der Waals surface area contributed by atoms with Crippen LogP contribution in [0.25, 0.3) is 16.7 Å². The Hall–Kier alpha value is -2.48. The molecule has 22 heavy (non-hydrogen) atoms. The molecule has 3 rings (SSSR count). The van der Waals surface area contributed by atoms with Crippen molar-refractivity contribution in [3.05, 3.63) is 64.6 Å². The molecule has 0 aliphatic carbocycles. The molecule has 108 valence electrons. The van der Waals surface area contributed by atoms with E-state index >= 15 is 0 Å². The number of oxazole rings is 1. The number of anilines is 1. The van der Waals surface area contributed by atoms with Gasteiger partial charge < -0.3 is 9.73 Å². The molecule has 0 fully saturated rings. The zero-order valence-electron chi connectivity index (χ0n) is 11.2. The van der Waals surface area contributed by atoms with Gasteiger partial charge in [-0.2, -0.15) is 5.26 Å². The smallest absolute Gasteiger partial charge is 0.239 e. The summed E-state index contributed by atoms with van der Waals surface area (Å²) in [7, 11) is 0. The largest absolute Gasteiger partial charge is 0.435 e. The number of nitrogens with one attached hydrogen (secondary N) is 1. The van der Waals surface area contributed by atoms with Gasteiger partial charge in [0.25, 0.3) is 0 Å². The lowest BCUT2D eigenvalue weighted by molar-refractivity contribution is 0.586. The van der Waals surface area contributed by atoms with Crippen molar-refractivity contribution in [1.29, 1.82) is 5.26 Å². The van der Waals surface area contributed by atoms with Crippen molar-refractivity contribution >= 4 is 45.6 Å². The number of allylic oxidation sites excluding steroid dienone is 1. The van der Waals surface area contributed by atoms with Crippen molar-refractivity contribution in [3.8, 4) is 6.07 Å². The molecule has 2 aromatic carbocycles. The van der Waals surface area contributed by atoms with Crippen LogP contribution in [-0.2, 0) is 0 Å². The molecule has 0 saturated carbocycles. The topological polar surface area (TPSA) is 61.9 Å². The van der Waals surface area contributed by atoms with E-state index in [0.717, 1.165) is 0 Å². The van der Waals surface area contributed by atoms with Gasteiger partial charge in [0.1, 0.15) is 17.2 Å². The predicted octanol–water partition coefficient (Wildman–Crippen LogP) is 5.11. The molecule has 0 spiro atoms. The van der Waals surface area contributed by atoms with Crippen molar-refractivity contribution in [2.75, 3.05) is 5.32 Å². The standard InChI is InChI=1S/C16H9Cl2N3O/c17-11-5-6-15-14(7-11)21-16(22-15)10(8-19)9-20-13-4-2-1-3-12(13)18/h1-7,9,20H/b10-9+. The lowest BCUT2D eigenvalue weighted by Gasteiger charge is -2.02. The van der Waals surface area contributed by atoms with E-state index in [1.165, 1.54) is 6.20 Å². The van der Waals surface area contributed by atoms with Gasteiger partial charge in [0, 0.05) is 11.2 Å². The second kappa shape index (κ2) is 6.10. The fourth-order valence-electron chi connectivity index (χ4n) is 1.89. The van der Waals surface area contributed by atoms with Crippen LogP contribution in [-0.4, -0.2) is 4.98 Å². The Morgan fingerprint density at radius 3 is 2.82 bits per heavy atom. The number of hydrogen-bond acceptors (Lipinski definition) is 4. The maximum Gasteiger partial charge on any atom is 0.239 e. The maximum atomic E-state index is 9.29. The summed E-state index contributed by atoms with van der Waals surface area (Å²) in [6.45, 7) is 0. The molecular weight excluding hydrogens is 321 g/mol. The van der Waals surface area contributed by atoms with Crippen molar-refractivity contribution in [2.45, 2.75) is 0 Å². The molecule has 6 heteroatoms. The summed E-state index contributed by atoms with van der Waals surface area (Å²) in [5, 5.41) is 13.4. The number of para-hydroxylation sites is 1. The van der Waals surface area contributed by atoms with E-state index in [4.69, 9.17) is 27.6 Å².